The fraction of sp³-hybridized carbons (Fsp3) is 0.562. The lowest BCUT2D eigenvalue weighted by atomic mass is 9.72. The molecule has 0 saturated heterocycles. The molecule has 2 aromatic rings. The van der Waals surface area contributed by atoms with Crippen LogP contribution in [0, 0.1) is 11.8 Å². The quantitative estimate of drug-likeness (QED) is 0.285. The van der Waals surface area contributed by atoms with Crippen molar-refractivity contribution in [3.63, 3.8) is 0 Å². The van der Waals surface area contributed by atoms with Crippen molar-refractivity contribution in [1.29, 1.82) is 0 Å². The number of hydrogen-bond donors (Lipinski definition) is 0. The third-order valence-electron chi connectivity index (χ3n) is 8.71. The number of carbonyl (C=O) groups is 1. The molecule has 1 saturated carbocycles. The summed E-state index contributed by atoms with van der Waals surface area (Å²) in [5, 5.41) is 0.783. The summed E-state index contributed by atoms with van der Waals surface area (Å²) >= 11 is 6.17. The molecule has 3 unspecified atom stereocenters. The molecule has 0 amide bonds. The van der Waals surface area contributed by atoms with Crippen LogP contribution in [0.15, 0.2) is 59.6 Å². The third-order valence-corrected chi connectivity index (χ3v) is 8.96. The second-order valence-corrected chi connectivity index (χ2v) is 11.9. The Morgan fingerprint density at radius 2 is 1.79 bits per heavy atom. The second-order valence-electron chi connectivity index (χ2n) is 11.4. The highest BCUT2D eigenvalue weighted by molar-refractivity contribution is 6.30. The summed E-state index contributed by atoms with van der Waals surface area (Å²) in [6, 6.07) is 19.3. The summed E-state index contributed by atoms with van der Waals surface area (Å²) < 4.78 is 5.39. The summed E-state index contributed by atoms with van der Waals surface area (Å²) in [5.41, 5.74) is 1.76. The Balaban J connectivity index is 1.50. The molecule has 38 heavy (non-hydrogen) atoms. The highest BCUT2D eigenvalue weighted by atomic mass is 35.5. The van der Waals surface area contributed by atoms with Gasteiger partial charge in [0.2, 0.25) is 0 Å². The monoisotopic (exact) mass is 537 g/mol. The lowest BCUT2D eigenvalue weighted by molar-refractivity contribution is -0.149. The molecule has 4 rings (SSSR count). The van der Waals surface area contributed by atoms with Gasteiger partial charge in [0.15, 0.2) is 5.54 Å². The van der Waals surface area contributed by atoms with Gasteiger partial charge >= 0.3 is 5.97 Å². The van der Waals surface area contributed by atoms with Gasteiger partial charge in [0, 0.05) is 17.6 Å². The van der Waals surface area contributed by atoms with E-state index in [0.29, 0.717) is 17.9 Å². The zero-order valence-electron chi connectivity index (χ0n) is 23.5. The van der Waals surface area contributed by atoms with Crippen LogP contribution in [0.5, 0.6) is 0 Å². The zero-order valence-corrected chi connectivity index (χ0v) is 24.2. The summed E-state index contributed by atoms with van der Waals surface area (Å²) in [6.07, 6.45) is 10.3. The molecule has 0 radical (unpaired) electrons. The number of nitrogens with zero attached hydrogens (tertiary/aromatic N) is 3. The van der Waals surface area contributed by atoms with E-state index < -0.39 is 5.54 Å². The van der Waals surface area contributed by atoms with Gasteiger partial charge in [0.05, 0.1) is 19.5 Å². The number of esters is 1. The van der Waals surface area contributed by atoms with Gasteiger partial charge < -0.3 is 14.5 Å². The molecule has 2 aliphatic rings. The van der Waals surface area contributed by atoms with Crippen LogP contribution in [0.3, 0.4) is 0 Å². The SMILES string of the molecule is CCCCC1(C(=O)OC)N=CN(Cc2ccccc2)C1CC1CCC(C(c2ccc(Cl)cc2)N(C)C)CC1. The van der Waals surface area contributed by atoms with Crippen molar-refractivity contribution in [3.05, 3.63) is 70.7 Å². The largest absolute Gasteiger partial charge is 0.467 e. The number of ether oxygens (including phenoxy) is 1. The van der Waals surface area contributed by atoms with E-state index in [1.807, 2.05) is 24.5 Å². The fourth-order valence-corrected chi connectivity index (χ4v) is 6.87. The Labute approximate surface area is 234 Å². The van der Waals surface area contributed by atoms with Crippen molar-refractivity contribution in [3.8, 4) is 0 Å². The van der Waals surface area contributed by atoms with E-state index in [2.05, 4.69) is 67.2 Å². The normalized spacial score (nSPS) is 26.1. The van der Waals surface area contributed by atoms with Gasteiger partial charge in [0.1, 0.15) is 0 Å². The van der Waals surface area contributed by atoms with Crippen molar-refractivity contribution >= 4 is 23.9 Å². The molecular weight excluding hydrogens is 494 g/mol. The Hall–Kier alpha value is -2.37. The van der Waals surface area contributed by atoms with E-state index in [1.54, 1.807) is 0 Å². The lowest BCUT2D eigenvalue weighted by Crippen LogP contribution is -2.52. The van der Waals surface area contributed by atoms with Crippen molar-refractivity contribution in [2.45, 2.75) is 82.5 Å². The van der Waals surface area contributed by atoms with Crippen molar-refractivity contribution in [2.75, 3.05) is 21.2 Å². The van der Waals surface area contributed by atoms with E-state index in [4.69, 9.17) is 21.3 Å². The van der Waals surface area contributed by atoms with Gasteiger partial charge in [-0.05, 0) is 74.9 Å². The molecule has 0 aromatic heterocycles. The number of benzene rings is 2. The maximum Gasteiger partial charge on any atom is 0.335 e. The van der Waals surface area contributed by atoms with Crippen LogP contribution in [0.2, 0.25) is 5.02 Å². The first kappa shape index (κ1) is 28.6. The Kier molecular flexibility index (Phi) is 9.89. The minimum Gasteiger partial charge on any atom is -0.467 e. The Morgan fingerprint density at radius 1 is 1.11 bits per heavy atom. The molecule has 1 heterocycles. The summed E-state index contributed by atoms with van der Waals surface area (Å²) in [5.74, 6) is 0.981. The lowest BCUT2D eigenvalue weighted by Gasteiger charge is -2.41. The zero-order chi connectivity index (χ0) is 27.1. The number of methoxy groups -OCH3 is 1. The topological polar surface area (TPSA) is 45.1 Å². The first-order valence-electron chi connectivity index (χ1n) is 14.2. The van der Waals surface area contributed by atoms with Gasteiger partial charge in [-0.3, -0.25) is 4.99 Å². The minimum atomic E-state index is -0.814. The number of aliphatic imine (C=N–C) groups is 1. The first-order valence-corrected chi connectivity index (χ1v) is 14.6. The standard InChI is InChI=1S/C32H44ClN3O2/c1-5-6-20-32(31(37)38-4)29(36(23-34-32)22-25-10-8-7-9-11-25)21-24-12-14-26(15-13-24)30(35(2)3)27-16-18-28(33)19-17-27/h7-11,16-19,23-24,26,29-30H,5-6,12-15,20-22H2,1-4H3. The maximum absolute atomic E-state index is 13.3. The number of rotatable bonds is 11. The molecule has 6 heteroatoms. The highest BCUT2D eigenvalue weighted by Crippen LogP contribution is 2.44. The highest BCUT2D eigenvalue weighted by Gasteiger charge is 2.52. The van der Waals surface area contributed by atoms with Gasteiger partial charge in [-0.25, -0.2) is 4.79 Å². The predicted molar refractivity (Wildman–Crippen MR) is 156 cm³/mol. The van der Waals surface area contributed by atoms with Crippen LogP contribution in [-0.2, 0) is 16.1 Å². The molecule has 0 bridgehead atoms. The maximum atomic E-state index is 13.3. The molecule has 5 nitrogen and oxygen atoms in total. The smallest absolute Gasteiger partial charge is 0.335 e. The van der Waals surface area contributed by atoms with Gasteiger partial charge in [-0.1, -0.05) is 86.7 Å². The summed E-state index contributed by atoms with van der Waals surface area (Å²) in [7, 11) is 5.87. The number of halogens is 1. The van der Waals surface area contributed by atoms with Crippen LogP contribution in [0.4, 0.5) is 0 Å². The van der Waals surface area contributed by atoms with Crippen molar-refractivity contribution in [2.24, 2.45) is 16.8 Å². The Morgan fingerprint density at radius 3 is 2.39 bits per heavy atom. The summed E-state index contributed by atoms with van der Waals surface area (Å²) in [6.45, 7) is 2.93. The molecular formula is C32H44ClN3O2. The average molecular weight is 538 g/mol. The number of carbonyl (C=O) groups excluding carboxylic acids is 1. The minimum absolute atomic E-state index is 0.0177. The van der Waals surface area contributed by atoms with E-state index in [9.17, 15) is 4.79 Å². The fourth-order valence-electron chi connectivity index (χ4n) is 6.75. The predicted octanol–water partition coefficient (Wildman–Crippen LogP) is 7.15. The van der Waals surface area contributed by atoms with E-state index in [-0.39, 0.29) is 12.0 Å². The van der Waals surface area contributed by atoms with E-state index in [0.717, 1.165) is 37.3 Å². The van der Waals surface area contributed by atoms with Crippen LogP contribution in [0.25, 0.3) is 0 Å². The molecule has 206 valence electrons. The van der Waals surface area contributed by atoms with Gasteiger partial charge in [-0.2, -0.15) is 0 Å². The van der Waals surface area contributed by atoms with E-state index in [1.165, 1.54) is 43.9 Å². The van der Waals surface area contributed by atoms with Crippen LogP contribution in [0.1, 0.15) is 75.5 Å². The average Bonchev–Trinajstić information content (AvgIpc) is 3.27. The molecule has 1 fully saturated rings. The summed E-state index contributed by atoms with van der Waals surface area (Å²) in [4.78, 5) is 22.9. The first-order chi connectivity index (χ1) is 18.4. The van der Waals surface area contributed by atoms with E-state index >= 15 is 0 Å². The molecule has 1 aliphatic heterocycles. The molecule has 0 spiro atoms. The third kappa shape index (κ3) is 6.43. The van der Waals surface area contributed by atoms with Crippen LogP contribution >= 0.6 is 11.6 Å². The second kappa shape index (κ2) is 13.1. The molecule has 1 aliphatic carbocycles. The van der Waals surface area contributed by atoms with Crippen molar-refractivity contribution < 1.29 is 9.53 Å². The Bertz CT molecular complexity index is 1050. The molecule has 2 aromatic carbocycles. The molecule has 3 atom stereocenters. The van der Waals surface area contributed by atoms with Crippen LogP contribution in [-0.4, -0.2) is 54.9 Å². The number of unbranched alkanes of at least 4 members (excludes halogenated alkanes) is 1. The van der Waals surface area contributed by atoms with Gasteiger partial charge in [-0.15, -0.1) is 0 Å². The van der Waals surface area contributed by atoms with Crippen molar-refractivity contribution in [1.82, 2.24) is 9.80 Å². The molecule has 0 N–H and O–H groups in total. The number of hydrogen-bond acceptors (Lipinski definition) is 5. The van der Waals surface area contributed by atoms with Crippen LogP contribution < -0.4 is 0 Å². The van der Waals surface area contributed by atoms with Gasteiger partial charge in [0.25, 0.3) is 0 Å².